The average Bonchev–Trinajstić information content (AvgIpc) is 3.57. The quantitative estimate of drug-likeness (QED) is 0.251. The first kappa shape index (κ1) is 38.5. The fourth-order valence-electron chi connectivity index (χ4n) is 13.9. The van der Waals surface area contributed by atoms with Crippen LogP contribution < -0.4 is 5.32 Å². The van der Waals surface area contributed by atoms with Crippen LogP contribution in [-0.4, -0.2) is 118 Å². The summed E-state index contributed by atoms with van der Waals surface area (Å²) in [5.74, 6) is 2.76. The highest BCUT2D eigenvalue weighted by Crippen LogP contribution is 2.73. The van der Waals surface area contributed by atoms with Crippen LogP contribution in [0.3, 0.4) is 0 Å². The minimum atomic E-state index is -0.989. The summed E-state index contributed by atoms with van der Waals surface area (Å²) in [6, 6.07) is 0. The van der Waals surface area contributed by atoms with Crippen LogP contribution in [0, 0.1) is 40.4 Å². The van der Waals surface area contributed by atoms with E-state index in [-0.39, 0.29) is 47.5 Å². The van der Waals surface area contributed by atoms with Crippen molar-refractivity contribution in [3.8, 4) is 0 Å². The van der Waals surface area contributed by atoms with E-state index >= 15 is 0 Å². The maximum Gasteiger partial charge on any atom is 0.222 e. The second kappa shape index (κ2) is 14.1. The molecular weight excluding hydrogens is 698 g/mol. The Hall–Kier alpha value is -0.970. The summed E-state index contributed by atoms with van der Waals surface area (Å²) in [6.45, 7) is 10.4. The van der Waals surface area contributed by atoms with Gasteiger partial charge in [0.1, 0.15) is 24.5 Å². The Kier molecular flexibility index (Phi) is 10.1. The summed E-state index contributed by atoms with van der Waals surface area (Å²) in [5.41, 5.74) is 0.252. The monoisotopic (exact) mass is 763 g/mol. The van der Waals surface area contributed by atoms with Crippen molar-refractivity contribution in [1.82, 2.24) is 5.32 Å². The second-order valence-corrected chi connectivity index (χ2v) is 19.4. The highest BCUT2D eigenvalue weighted by molar-refractivity contribution is 5.79. The normalized spacial score (nSPS) is 58.4. The van der Waals surface area contributed by atoms with Gasteiger partial charge in [-0.2, -0.15) is 0 Å². The maximum atomic E-state index is 12.5. The number of carbonyl (C=O) groups excluding carboxylic acids is 1. The van der Waals surface area contributed by atoms with Gasteiger partial charge in [-0.25, -0.2) is 0 Å². The van der Waals surface area contributed by atoms with Crippen molar-refractivity contribution in [3.63, 3.8) is 0 Å². The van der Waals surface area contributed by atoms with Gasteiger partial charge in [-0.1, -0.05) is 13.8 Å². The van der Waals surface area contributed by atoms with Crippen LogP contribution in [0.4, 0.5) is 0 Å². The molecule has 13 nitrogen and oxygen atoms in total. The van der Waals surface area contributed by atoms with Gasteiger partial charge in [-0.15, -0.1) is 0 Å². The Morgan fingerprint density at radius 1 is 0.667 bits per heavy atom. The molecule has 5 aliphatic heterocycles. The first-order valence-corrected chi connectivity index (χ1v) is 21.3. The number of aliphatic hydroxyl groups excluding tert-OH is 4. The number of carbonyl (C=O) groups is 1. The topological polar surface area (TPSA) is 175 Å². The maximum absolute atomic E-state index is 12.5. The average molecular weight is 764 g/mol. The number of rotatable bonds is 6. The van der Waals surface area contributed by atoms with Gasteiger partial charge in [-0.05, 0) is 108 Å². The van der Waals surface area contributed by atoms with Crippen molar-refractivity contribution < 1.29 is 58.4 Å². The third-order valence-electron chi connectivity index (χ3n) is 16.7. The van der Waals surface area contributed by atoms with Gasteiger partial charge in [0, 0.05) is 37.0 Å². The molecule has 0 unspecified atom stereocenters. The molecule has 13 heteroatoms. The van der Waals surface area contributed by atoms with E-state index in [9.17, 15) is 25.2 Å². The molecule has 9 fully saturated rings. The van der Waals surface area contributed by atoms with Gasteiger partial charge < -0.3 is 58.9 Å². The summed E-state index contributed by atoms with van der Waals surface area (Å²) < 4.78 is 44.2. The van der Waals surface area contributed by atoms with Crippen molar-refractivity contribution in [2.24, 2.45) is 40.4 Å². The molecule has 5 saturated heterocycles. The lowest BCUT2D eigenvalue weighted by molar-refractivity contribution is -0.336. The lowest BCUT2D eigenvalue weighted by Crippen LogP contribution is -2.67. The molecule has 4 aliphatic carbocycles. The van der Waals surface area contributed by atoms with Crippen LogP contribution in [0.15, 0.2) is 0 Å². The molecule has 1 amide bonds. The molecule has 0 aromatic rings. The lowest BCUT2D eigenvalue weighted by atomic mass is 9.42. The molecule has 0 aromatic heterocycles. The first-order chi connectivity index (χ1) is 25.7. The molecule has 22 atom stereocenters. The Bertz CT molecular complexity index is 1370. The van der Waals surface area contributed by atoms with Crippen molar-refractivity contribution >= 4 is 5.91 Å². The number of ether oxygens (including phenoxy) is 7. The zero-order valence-corrected chi connectivity index (χ0v) is 32.7. The summed E-state index contributed by atoms with van der Waals surface area (Å²) in [6.07, 6.45) is 2.48. The number of hydrogen-bond acceptors (Lipinski definition) is 12. The van der Waals surface area contributed by atoms with Gasteiger partial charge >= 0.3 is 0 Å². The second-order valence-electron chi connectivity index (χ2n) is 19.4. The van der Waals surface area contributed by atoms with Crippen LogP contribution in [0.2, 0.25) is 0 Å². The Morgan fingerprint density at radius 2 is 1.28 bits per heavy atom. The highest BCUT2D eigenvalue weighted by Gasteiger charge is 2.73. The van der Waals surface area contributed by atoms with Crippen LogP contribution in [0.25, 0.3) is 0 Å². The molecule has 0 aromatic carbocycles. The summed E-state index contributed by atoms with van der Waals surface area (Å²) in [5, 5.41) is 45.7. The van der Waals surface area contributed by atoms with E-state index < -0.39 is 73.8 Å². The standard InChI is InChI=1S/C41H65NO12/c1-19-35(47)28(43)16-33(48-19)52-37-21(3)50-34(18-30(37)45)53-36-20(2)49-32(17-29(36)44)51-23-8-11-39(4)22(14-23)6-7-27-26(39)9-12-40(5)25-10-13-41(27,40)54-38-24(25)15-31(46)42-38/h19-30,32-38,43-45,47H,6-18H2,1-5H3,(H,42,46)/t19-,20-,21-,22-,23+,24+,25+,26-,27-,28+,29+,30+,32+,33-,34-,35-,36+,37+,38+,39+,40-,41+/m1/s1. The Morgan fingerprint density at radius 3 is 1.93 bits per heavy atom. The summed E-state index contributed by atoms with van der Waals surface area (Å²) in [7, 11) is 0. The van der Waals surface area contributed by atoms with Gasteiger partial charge in [0.05, 0.1) is 48.3 Å². The Labute approximate surface area is 319 Å². The first-order valence-electron chi connectivity index (χ1n) is 21.3. The molecule has 5 N–H and O–H groups in total. The predicted octanol–water partition coefficient (Wildman–Crippen LogP) is 3.26. The van der Waals surface area contributed by atoms with Crippen molar-refractivity contribution in [2.45, 2.75) is 210 Å². The molecular formula is C41H65NO12. The molecule has 0 spiro atoms. The number of nitrogens with one attached hydrogen (secondary N) is 1. The van der Waals surface area contributed by atoms with E-state index in [0.717, 1.165) is 25.7 Å². The van der Waals surface area contributed by atoms with Gasteiger partial charge in [-0.3, -0.25) is 4.79 Å². The summed E-state index contributed by atoms with van der Waals surface area (Å²) >= 11 is 0. The third kappa shape index (κ3) is 6.16. The zero-order valence-electron chi connectivity index (χ0n) is 32.7. The number of hydrogen-bond donors (Lipinski definition) is 5. The molecule has 9 rings (SSSR count). The van der Waals surface area contributed by atoms with Crippen LogP contribution >= 0.6 is 0 Å². The van der Waals surface area contributed by atoms with E-state index in [0.29, 0.717) is 42.4 Å². The molecule has 9 aliphatic rings. The van der Waals surface area contributed by atoms with E-state index in [1.54, 1.807) is 13.8 Å². The van der Waals surface area contributed by atoms with Gasteiger partial charge in [0.2, 0.25) is 5.91 Å². The van der Waals surface area contributed by atoms with Gasteiger partial charge in [0.15, 0.2) is 18.9 Å². The Balaban J connectivity index is 0.776. The smallest absolute Gasteiger partial charge is 0.222 e. The number of amides is 1. The van der Waals surface area contributed by atoms with E-state index in [1.165, 1.54) is 32.1 Å². The van der Waals surface area contributed by atoms with Crippen molar-refractivity contribution in [2.75, 3.05) is 0 Å². The van der Waals surface area contributed by atoms with E-state index in [2.05, 4.69) is 19.2 Å². The largest absolute Gasteiger partial charge is 0.390 e. The highest BCUT2D eigenvalue weighted by atomic mass is 16.7. The molecule has 0 radical (unpaired) electrons. The fraction of sp³-hybridized carbons (Fsp3) is 0.976. The van der Waals surface area contributed by atoms with Crippen LogP contribution in [-0.2, 0) is 38.0 Å². The molecule has 2 bridgehead atoms. The fourth-order valence-corrected chi connectivity index (χ4v) is 13.9. The predicted molar refractivity (Wildman–Crippen MR) is 191 cm³/mol. The SMILES string of the molecule is C[C@H]1O[C@H](O[C@@H]2[C@@H](O)C[C@@H](O[C@@H]3[C@@H](O)C[C@H](O[C@H]4CC[C@@]5(C)[C@H](CC[C@@H]6[C@H]5CC[C@]5(C)[C@H]7CC[C@]65O[C@@H]5NC(=O)C[C@H]57)C4)O[C@@H]3C)O[C@@H]2C)C[C@H](O)[C@@H]1O. The summed E-state index contributed by atoms with van der Waals surface area (Å²) in [4.78, 5) is 12.5. The minimum absolute atomic E-state index is 0.0693. The molecule has 306 valence electrons. The molecule has 4 saturated carbocycles. The zero-order chi connectivity index (χ0) is 37.9. The molecule has 5 heterocycles. The van der Waals surface area contributed by atoms with Crippen molar-refractivity contribution in [3.05, 3.63) is 0 Å². The number of fused-ring (bicyclic) bond motifs is 5. The number of aliphatic hydroxyl groups is 4. The molecule has 54 heavy (non-hydrogen) atoms. The van der Waals surface area contributed by atoms with E-state index in [1.807, 2.05) is 6.92 Å². The third-order valence-corrected chi connectivity index (χ3v) is 16.7. The van der Waals surface area contributed by atoms with Gasteiger partial charge in [0.25, 0.3) is 0 Å². The van der Waals surface area contributed by atoms with E-state index in [4.69, 9.17) is 33.2 Å². The van der Waals surface area contributed by atoms with Crippen molar-refractivity contribution in [1.29, 1.82) is 0 Å². The lowest BCUT2D eigenvalue weighted by Gasteiger charge is -2.67. The van der Waals surface area contributed by atoms with Crippen LogP contribution in [0.1, 0.15) is 118 Å². The minimum Gasteiger partial charge on any atom is -0.390 e. The van der Waals surface area contributed by atoms with Crippen LogP contribution in [0.5, 0.6) is 0 Å².